The highest BCUT2D eigenvalue weighted by molar-refractivity contribution is 7.08. The molecule has 0 unspecified atom stereocenters. The number of rotatable bonds is 2. The molecule has 0 aromatic carbocycles. The minimum absolute atomic E-state index is 0.107. The van der Waals surface area contributed by atoms with E-state index in [2.05, 4.69) is 0 Å². The van der Waals surface area contributed by atoms with E-state index in [1.165, 1.54) is 5.56 Å². The summed E-state index contributed by atoms with van der Waals surface area (Å²) >= 11 is 1.63. The molecule has 0 radical (unpaired) electrons. The fourth-order valence-electron chi connectivity index (χ4n) is 1.32. The lowest BCUT2D eigenvalue weighted by Gasteiger charge is -1.89. The largest absolute Gasteiger partial charge is 0.481 e. The Morgan fingerprint density at radius 2 is 2.55 bits per heavy atom. The summed E-state index contributed by atoms with van der Waals surface area (Å²) in [5.41, 5.74) is 1.20. The average Bonchev–Trinajstić information content (AvgIpc) is 2.60. The lowest BCUT2D eigenvalue weighted by Crippen LogP contribution is -1.98. The Kier molecular flexibility index (Phi) is 1.46. The predicted molar refractivity (Wildman–Crippen MR) is 42.8 cm³/mol. The van der Waals surface area contributed by atoms with E-state index in [-0.39, 0.29) is 5.92 Å². The van der Waals surface area contributed by atoms with Crippen molar-refractivity contribution in [2.24, 2.45) is 5.92 Å². The average molecular weight is 168 g/mol. The summed E-state index contributed by atoms with van der Waals surface area (Å²) in [5, 5.41) is 12.7. The molecule has 58 valence electrons. The van der Waals surface area contributed by atoms with Gasteiger partial charge in [0.1, 0.15) is 0 Å². The fourth-order valence-corrected chi connectivity index (χ4v) is 2.05. The highest BCUT2D eigenvalue weighted by Gasteiger charge is 2.44. The van der Waals surface area contributed by atoms with Crippen molar-refractivity contribution in [1.29, 1.82) is 0 Å². The smallest absolute Gasteiger partial charge is 0.307 e. The minimum atomic E-state index is -0.652. The van der Waals surface area contributed by atoms with Gasteiger partial charge in [-0.15, -0.1) is 0 Å². The Bertz CT molecular complexity index is 266. The first-order valence-electron chi connectivity index (χ1n) is 3.54. The van der Waals surface area contributed by atoms with Crippen molar-refractivity contribution in [3.63, 3.8) is 0 Å². The molecule has 1 N–H and O–H groups in total. The third kappa shape index (κ3) is 1.16. The molecule has 0 saturated heterocycles. The van der Waals surface area contributed by atoms with Crippen LogP contribution in [0, 0.1) is 5.92 Å². The summed E-state index contributed by atoms with van der Waals surface area (Å²) < 4.78 is 0. The van der Waals surface area contributed by atoms with Gasteiger partial charge in [-0.1, -0.05) is 0 Å². The molecule has 2 nitrogen and oxygen atoms in total. The van der Waals surface area contributed by atoms with Crippen LogP contribution >= 0.6 is 11.3 Å². The molecule has 2 atom stereocenters. The van der Waals surface area contributed by atoms with Crippen LogP contribution in [0.1, 0.15) is 17.9 Å². The van der Waals surface area contributed by atoms with E-state index in [1.807, 2.05) is 16.8 Å². The Morgan fingerprint density at radius 3 is 3.00 bits per heavy atom. The Hall–Kier alpha value is -0.830. The van der Waals surface area contributed by atoms with Crippen LogP contribution < -0.4 is 0 Å². The van der Waals surface area contributed by atoms with Crippen LogP contribution in [-0.2, 0) is 4.79 Å². The van der Waals surface area contributed by atoms with Crippen molar-refractivity contribution >= 4 is 17.3 Å². The molecular formula is C8H8O2S. The standard InChI is InChI=1S/C8H8O2S/c9-8(10)7-3-6(7)5-1-2-11-4-5/h1-2,4,6-7H,3H2,(H,9,10)/t6-,7+/m0/s1. The van der Waals surface area contributed by atoms with Crippen LogP contribution in [0.15, 0.2) is 16.8 Å². The summed E-state index contributed by atoms with van der Waals surface area (Å²) in [4.78, 5) is 10.5. The molecule has 1 aromatic heterocycles. The Morgan fingerprint density at radius 1 is 1.73 bits per heavy atom. The molecule has 0 bridgehead atoms. The third-order valence-corrected chi connectivity index (χ3v) is 2.78. The molecule has 1 aliphatic rings. The van der Waals surface area contributed by atoms with Gasteiger partial charge in [0.15, 0.2) is 0 Å². The highest BCUT2D eigenvalue weighted by atomic mass is 32.1. The summed E-state index contributed by atoms with van der Waals surface area (Å²) in [6.07, 6.45) is 0.825. The second kappa shape index (κ2) is 2.34. The summed E-state index contributed by atoms with van der Waals surface area (Å²) in [6.45, 7) is 0. The van der Waals surface area contributed by atoms with Crippen LogP contribution in [0.2, 0.25) is 0 Å². The van der Waals surface area contributed by atoms with Crippen LogP contribution in [-0.4, -0.2) is 11.1 Å². The van der Waals surface area contributed by atoms with Gasteiger partial charge >= 0.3 is 5.97 Å². The van der Waals surface area contributed by atoms with Gasteiger partial charge in [-0.05, 0) is 34.7 Å². The first kappa shape index (κ1) is 6.85. The molecule has 11 heavy (non-hydrogen) atoms. The Balaban J connectivity index is 2.08. The number of carboxylic acids is 1. The molecule has 3 heteroatoms. The van der Waals surface area contributed by atoms with Crippen molar-refractivity contribution in [3.05, 3.63) is 22.4 Å². The molecule has 1 heterocycles. The van der Waals surface area contributed by atoms with Gasteiger partial charge in [-0.2, -0.15) is 11.3 Å². The molecule has 1 aromatic rings. The van der Waals surface area contributed by atoms with Gasteiger partial charge < -0.3 is 5.11 Å². The zero-order chi connectivity index (χ0) is 7.84. The maximum Gasteiger partial charge on any atom is 0.307 e. The molecule has 1 fully saturated rings. The van der Waals surface area contributed by atoms with E-state index in [0.717, 1.165) is 6.42 Å². The van der Waals surface area contributed by atoms with E-state index in [1.54, 1.807) is 11.3 Å². The second-order valence-electron chi connectivity index (χ2n) is 2.84. The van der Waals surface area contributed by atoms with Crippen molar-refractivity contribution < 1.29 is 9.90 Å². The summed E-state index contributed by atoms with van der Waals surface area (Å²) in [6, 6.07) is 2.01. The SMILES string of the molecule is O=C(O)[C@@H]1C[C@H]1c1ccsc1. The zero-order valence-electron chi connectivity index (χ0n) is 5.86. The van der Waals surface area contributed by atoms with Gasteiger partial charge in [-0.3, -0.25) is 4.79 Å². The number of hydrogen-bond acceptors (Lipinski definition) is 2. The van der Waals surface area contributed by atoms with E-state index < -0.39 is 5.97 Å². The second-order valence-corrected chi connectivity index (χ2v) is 3.62. The summed E-state index contributed by atoms with van der Waals surface area (Å²) in [7, 11) is 0. The molecule has 2 rings (SSSR count). The molecule has 1 saturated carbocycles. The van der Waals surface area contributed by atoms with Crippen molar-refractivity contribution in [1.82, 2.24) is 0 Å². The first-order chi connectivity index (χ1) is 5.29. The predicted octanol–water partition coefficient (Wildman–Crippen LogP) is 1.94. The number of hydrogen-bond donors (Lipinski definition) is 1. The van der Waals surface area contributed by atoms with Crippen LogP contribution in [0.4, 0.5) is 0 Å². The third-order valence-electron chi connectivity index (χ3n) is 2.08. The normalized spacial score (nSPS) is 28.4. The number of aliphatic carboxylic acids is 1. The van der Waals surface area contributed by atoms with Gasteiger partial charge in [0.25, 0.3) is 0 Å². The molecule has 0 spiro atoms. The van der Waals surface area contributed by atoms with Crippen LogP contribution in [0.5, 0.6) is 0 Å². The van der Waals surface area contributed by atoms with Gasteiger partial charge in [0.2, 0.25) is 0 Å². The molecular weight excluding hydrogens is 160 g/mol. The van der Waals surface area contributed by atoms with Gasteiger partial charge in [-0.25, -0.2) is 0 Å². The highest BCUT2D eigenvalue weighted by Crippen LogP contribution is 2.47. The fraction of sp³-hybridized carbons (Fsp3) is 0.375. The monoisotopic (exact) mass is 168 g/mol. The van der Waals surface area contributed by atoms with E-state index in [4.69, 9.17) is 5.11 Å². The lowest BCUT2D eigenvalue weighted by molar-refractivity contribution is -0.138. The van der Waals surface area contributed by atoms with Crippen molar-refractivity contribution in [2.45, 2.75) is 12.3 Å². The lowest BCUT2D eigenvalue weighted by atomic mass is 10.2. The number of thiophene rings is 1. The van der Waals surface area contributed by atoms with Crippen LogP contribution in [0.25, 0.3) is 0 Å². The maximum absolute atomic E-state index is 10.5. The number of carboxylic acid groups (broad SMARTS) is 1. The first-order valence-corrected chi connectivity index (χ1v) is 4.48. The van der Waals surface area contributed by atoms with Gasteiger partial charge in [0.05, 0.1) is 5.92 Å². The van der Waals surface area contributed by atoms with Crippen LogP contribution in [0.3, 0.4) is 0 Å². The maximum atomic E-state index is 10.5. The van der Waals surface area contributed by atoms with Gasteiger partial charge in [0, 0.05) is 0 Å². The van der Waals surface area contributed by atoms with E-state index in [9.17, 15) is 4.79 Å². The molecule has 1 aliphatic carbocycles. The minimum Gasteiger partial charge on any atom is -0.481 e. The zero-order valence-corrected chi connectivity index (χ0v) is 6.67. The van der Waals surface area contributed by atoms with E-state index >= 15 is 0 Å². The quantitative estimate of drug-likeness (QED) is 0.732. The van der Waals surface area contributed by atoms with Crippen molar-refractivity contribution in [2.75, 3.05) is 0 Å². The number of carbonyl (C=O) groups is 1. The van der Waals surface area contributed by atoms with E-state index in [0.29, 0.717) is 5.92 Å². The summed E-state index contributed by atoms with van der Waals surface area (Å²) in [5.74, 6) is -0.454. The van der Waals surface area contributed by atoms with Crippen molar-refractivity contribution in [3.8, 4) is 0 Å². The Labute approximate surface area is 68.5 Å². The topological polar surface area (TPSA) is 37.3 Å². The molecule has 0 aliphatic heterocycles. The molecule has 0 amide bonds.